The first kappa shape index (κ1) is 16.3. The molecule has 0 saturated carbocycles. The highest BCUT2D eigenvalue weighted by atomic mass is 35.5. The molecule has 1 unspecified atom stereocenters. The van der Waals surface area contributed by atoms with Crippen LogP contribution in [0.15, 0.2) is 24.4 Å². The van der Waals surface area contributed by atoms with Crippen molar-refractivity contribution in [2.24, 2.45) is 0 Å². The van der Waals surface area contributed by atoms with E-state index in [2.05, 4.69) is 38.1 Å². The molecule has 114 valence electrons. The predicted molar refractivity (Wildman–Crippen MR) is 89.3 cm³/mol. The molecular weight excluding hydrogens is 305 g/mol. The number of aryl methyl sites for hydroxylation is 1. The Morgan fingerprint density at radius 2 is 2.00 bits per heavy atom. The Kier molecular flexibility index (Phi) is 5.31. The summed E-state index contributed by atoms with van der Waals surface area (Å²) in [6.07, 6.45) is 1.71. The van der Waals surface area contributed by atoms with Crippen molar-refractivity contribution < 1.29 is 0 Å². The highest BCUT2D eigenvalue weighted by Gasteiger charge is 2.24. The van der Waals surface area contributed by atoms with E-state index >= 15 is 0 Å². The first-order chi connectivity index (χ1) is 9.95. The molecule has 1 heterocycles. The Morgan fingerprint density at radius 1 is 1.29 bits per heavy atom. The number of nitrogens with zero attached hydrogens (tertiary/aromatic N) is 2. The standard InChI is InChI=1S/C16H21Cl2N3/c1-5-19-15(13-8-12(17)7-6-11(13)4)16-14(18)9-20-21(16)10(2)3/h6-10,15,19H,5H2,1-4H3. The van der Waals surface area contributed by atoms with Crippen LogP contribution in [0.5, 0.6) is 0 Å². The molecule has 21 heavy (non-hydrogen) atoms. The van der Waals surface area contributed by atoms with Gasteiger partial charge in [0, 0.05) is 11.1 Å². The van der Waals surface area contributed by atoms with E-state index in [1.807, 2.05) is 22.9 Å². The minimum absolute atomic E-state index is 0.0221. The quantitative estimate of drug-likeness (QED) is 0.857. The van der Waals surface area contributed by atoms with E-state index in [9.17, 15) is 0 Å². The van der Waals surface area contributed by atoms with Gasteiger partial charge in [-0.25, -0.2) is 0 Å². The fraction of sp³-hybridized carbons (Fsp3) is 0.438. The number of halogens is 2. The monoisotopic (exact) mass is 325 g/mol. The molecule has 1 N–H and O–H groups in total. The van der Waals surface area contributed by atoms with E-state index in [0.29, 0.717) is 5.02 Å². The van der Waals surface area contributed by atoms with Crippen molar-refractivity contribution in [2.45, 2.75) is 39.8 Å². The first-order valence-electron chi connectivity index (χ1n) is 7.18. The molecule has 0 bridgehead atoms. The Morgan fingerprint density at radius 3 is 2.62 bits per heavy atom. The van der Waals surface area contributed by atoms with Crippen LogP contribution in [0.3, 0.4) is 0 Å². The number of hydrogen-bond donors (Lipinski definition) is 1. The fourth-order valence-electron chi connectivity index (χ4n) is 2.51. The summed E-state index contributed by atoms with van der Waals surface area (Å²) in [7, 11) is 0. The Balaban J connectivity index is 2.59. The van der Waals surface area contributed by atoms with E-state index in [-0.39, 0.29) is 12.1 Å². The maximum Gasteiger partial charge on any atom is 0.0837 e. The van der Waals surface area contributed by atoms with E-state index < -0.39 is 0 Å². The topological polar surface area (TPSA) is 29.9 Å². The molecule has 0 saturated heterocycles. The number of benzene rings is 1. The van der Waals surface area contributed by atoms with Crippen LogP contribution in [-0.4, -0.2) is 16.3 Å². The van der Waals surface area contributed by atoms with Crippen molar-refractivity contribution in [3.05, 3.63) is 51.3 Å². The molecule has 0 amide bonds. The van der Waals surface area contributed by atoms with Gasteiger partial charge in [-0.15, -0.1) is 0 Å². The van der Waals surface area contributed by atoms with Crippen LogP contribution in [0, 0.1) is 6.92 Å². The lowest BCUT2D eigenvalue weighted by molar-refractivity contribution is 0.476. The molecule has 0 spiro atoms. The molecule has 1 aromatic carbocycles. The summed E-state index contributed by atoms with van der Waals surface area (Å²) in [5.74, 6) is 0. The van der Waals surface area contributed by atoms with E-state index in [4.69, 9.17) is 23.2 Å². The average Bonchev–Trinajstić information content (AvgIpc) is 2.81. The van der Waals surface area contributed by atoms with Gasteiger partial charge < -0.3 is 5.32 Å². The molecule has 3 nitrogen and oxygen atoms in total. The van der Waals surface area contributed by atoms with Crippen molar-refractivity contribution in [3.63, 3.8) is 0 Å². The van der Waals surface area contributed by atoms with Gasteiger partial charge in [0.25, 0.3) is 0 Å². The normalized spacial score (nSPS) is 12.9. The first-order valence-corrected chi connectivity index (χ1v) is 7.93. The summed E-state index contributed by atoms with van der Waals surface area (Å²) in [5.41, 5.74) is 3.30. The van der Waals surface area contributed by atoms with Gasteiger partial charge in [-0.05, 0) is 50.6 Å². The van der Waals surface area contributed by atoms with Gasteiger partial charge in [0.1, 0.15) is 0 Å². The molecule has 0 fully saturated rings. The number of nitrogens with one attached hydrogen (secondary N) is 1. The largest absolute Gasteiger partial charge is 0.305 e. The van der Waals surface area contributed by atoms with Gasteiger partial charge in [-0.3, -0.25) is 4.68 Å². The zero-order chi connectivity index (χ0) is 15.6. The maximum absolute atomic E-state index is 6.41. The third-order valence-corrected chi connectivity index (χ3v) is 4.04. The average molecular weight is 326 g/mol. The zero-order valence-electron chi connectivity index (χ0n) is 12.8. The molecule has 2 rings (SSSR count). The van der Waals surface area contributed by atoms with Gasteiger partial charge in [-0.2, -0.15) is 5.10 Å². The highest BCUT2D eigenvalue weighted by Crippen LogP contribution is 2.33. The van der Waals surface area contributed by atoms with Crippen LogP contribution < -0.4 is 5.32 Å². The molecule has 0 aliphatic heterocycles. The van der Waals surface area contributed by atoms with Crippen LogP contribution in [0.25, 0.3) is 0 Å². The Hall–Kier alpha value is -1.03. The van der Waals surface area contributed by atoms with Crippen molar-refractivity contribution >= 4 is 23.2 Å². The minimum atomic E-state index is -0.0221. The number of aromatic nitrogens is 2. The van der Waals surface area contributed by atoms with Crippen LogP contribution in [0.1, 0.15) is 49.7 Å². The minimum Gasteiger partial charge on any atom is -0.305 e. The third-order valence-electron chi connectivity index (χ3n) is 3.51. The summed E-state index contributed by atoms with van der Waals surface area (Å²) in [5, 5.41) is 9.31. The second kappa shape index (κ2) is 6.82. The Bertz CT molecular complexity index is 620. The summed E-state index contributed by atoms with van der Waals surface area (Å²) >= 11 is 12.6. The lowest BCUT2D eigenvalue weighted by atomic mass is 9.98. The summed E-state index contributed by atoms with van der Waals surface area (Å²) in [4.78, 5) is 0. The summed E-state index contributed by atoms with van der Waals surface area (Å²) in [6, 6.07) is 6.16. The van der Waals surface area contributed by atoms with Gasteiger partial charge in [-0.1, -0.05) is 36.2 Å². The second-order valence-corrected chi connectivity index (χ2v) is 6.25. The molecule has 0 aliphatic carbocycles. The Labute approximate surface area is 136 Å². The smallest absolute Gasteiger partial charge is 0.0837 e. The number of rotatable bonds is 5. The van der Waals surface area contributed by atoms with Crippen molar-refractivity contribution in [1.29, 1.82) is 0 Å². The van der Waals surface area contributed by atoms with Gasteiger partial charge >= 0.3 is 0 Å². The third kappa shape index (κ3) is 3.42. The van der Waals surface area contributed by atoms with Crippen LogP contribution in [0.4, 0.5) is 0 Å². The molecule has 0 aliphatic rings. The number of hydrogen-bond acceptors (Lipinski definition) is 2. The summed E-state index contributed by atoms with van der Waals surface area (Å²) in [6.45, 7) is 9.19. The molecule has 5 heteroatoms. The van der Waals surface area contributed by atoms with Gasteiger partial charge in [0.2, 0.25) is 0 Å². The van der Waals surface area contributed by atoms with E-state index in [1.165, 1.54) is 5.56 Å². The molecule has 0 radical (unpaired) electrons. The molecule has 1 aromatic heterocycles. The molecular formula is C16H21Cl2N3. The van der Waals surface area contributed by atoms with Crippen LogP contribution in [0.2, 0.25) is 10.0 Å². The van der Waals surface area contributed by atoms with Crippen molar-refractivity contribution in [2.75, 3.05) is 6.54 Å². The lowest BCUT2D eigenvalue weighted by Gasteiger charge is -2.24. The van der Waals surface area contributed by atoms with Crippen molar-refractivity contribution in [1.82, 2.24) is 15.1 Å². The molecule has 2 aromatic rings. The van der Waals surface area contributed by atoms with Gasteiger partial charge in [0.15, 0.2) is 0 Å². The van der Waals surface area contributed by atoms with Gasteiger partial charge in [0.05, 0.1) is 23.0 Å². The highest BCUT2D eigenvalue weighted by molar-refractivity contribution is 6.31. The second-order valence-electron chi connectivity index (χ2n) is 5.41. The SMILES string of the molecule is CCNC(c1cc(Cl)ccc1C)c1c(Cl)cnn1C(C)C. The zero-order valence-corrected chi connectivity index (χ0v) is 14.3. The molecule has 1 atom stereocenters. The maximum atomic E-state index is 6.41. The van der Waals surface area contributed by atoms with Crippen molar-refractivity contribution in [3.8, 4) is 0 Å². The fourth-order valence-corrected chi connectivity index (χ4v) is 2.93. The lowest BCUT2D eigenvalue weighted by Crippen LogP contribution is -2.26. The summed E-state index contributed by atoms with van der Waals surface area (Å²) < 4.78 is 1.97. The van der Waals surface area contributed by atoms with Crippen LogP contribution in [-0.2, 0) is 0 Å². The van der Waals surface area contributed by atoms with Crippen LogP contribution >= 0.6 is 23.2 Å². The van der Waals surface area contributed by atoms with E-state index in [1.54, 1.807) is 6.20 Å². The predicted octanol–water partition coefficient (Wildman–Crippen LogP) is 4.78. The van der Waals surface area contributed by atoms with E-state index in [0.717, 1.165) is 22.8 Å².